The largest absolute Gasteiger partial charge is 0.465 e. The molecule has 0 unspecified atom stereocenters. The van der Waals surface area contributed by atoms with Crippen molar-refractivity contribution >= 4 is 38.6 Å². The van der Waals surface area contributed by atoms with Crippen molar-refractivity contribution in [2.75, 3.05) is 37.8 Å². The van der Waals surface area contributed by atoms with Crippen molar-refractivity contribution < 1.29 is 18.3 Å². The lowest BCUT2D eigenvalue weighted by Gasteiger charge is -2.33. The van der Waals surface area contributed by atoms with E-state index in [1.807, 2.05) is 41.1 Å². The smallest absolute Gasteiger partial charge is 0.407 e. The van der Waals surface area contributed by atoms with Crippen LogP contribution in [-0.4, -0.2) is 76.4 Å². The van der Waals surface area contributed by atoms with E-state index in [2.05, 4.69) is 20.2 Å². The van der Waals surface area contributed by atoms with Crippen LogP contribution in [0.4, 0.5) is 16.4 Å². The zero-order valence-electron chi connectivity index (χ0n) is 19.7. The second-order valence-corrected chi connectivity index (χ2v) is 10.8. The van der Waals surface area contributed by atoms with Crippen LogP contribution >= 0.6 is 0 Å². The van der Waals surface area contributed by atoms with Gasteiger partial charge >= 0.3 is 6.09 Å². The molecule has 0 bridgehead atoms. The molecule has 1 amide bonds. The van der Waals surface area contributed by atoms with Gasteiger partial charge in [-0.15, -0.1) is 0 Å². The summed E-state index contributed by atoms with van der Waals surface area (Å²) in [5, 5.41) is 13.2. The summed E-state index contributed by atoms with van der Waals surface area (Å²) in [4.78, 5) is 24.1. The van der Waals surface area contributed by atoms with E-state index in [0.717, 1.165) is 42.0 Å². The van der Waals surface area contributed by atoms with E-state index in [-0.39, 0.29) is 4.90 Å². The molecular weight excluding hydrogens is 480 g/mol. The molecule has 2 aromatic heterocycles. The van der Waals surface area contributed by atoms with Crippen molar-refractivity contribution in [3.8, 4) is 5.69 Å². The van der Waals surface area contributed by atoms with Gasteiger partial charge in [-0.25, -0.2) is 18.2 Å². The highest BCUT2D eigenvalue weighted by atomic mass is 32.2. The predicted molar refractivity (Wildman–Crippen MR) is 137 cm³/mol. The van der Waals surface area contributed by atoms with Gasteiger partial charge in [-0.05, 0) is 48.0 Å². The second-order valence-electron chi connectivity index (χ2n) is 8.79. The molecule has 2 N–H and O–H groups in total. The van der Waals surface area contributed by atoms with Gasteiger partial charge in [-0.3, -0.25) is 4.90 Å². The Hall–Kier alpha value is -3.96. The van der Waals surface area contributed by atoms with Gasteiger partial charge in [0, 0.05) is 68.1 Å². The maximum Gasteiger partial charge on any atom is 0.407 e. The summed E-state index contributed by atoms with van der Waals surface area (Å²) in [7, 11) is -3.26. The number of piperazine rings is 1. The first-order valence-corrected chi connectivity index (χ1v) is 13.4. The molecule has 186 valence electrons. The van der Waals surface area contributed by atoms with Crippen LogP contribution in [0.15, 0.2) is 71.9 Å². The molecule has 11 heteroatoms. The highest BCUT2D eigenvalue weighted by Gasteiger charge is 2.20. The number of benzene rings is 2. The quantitative estimate of drug-likeness (QED) is 0.408. The number of hydrogen-bond acceptors (Lipinski definition) is 7. The summed E-state index contributed by atoms with van der Waals surface area (Å²) in [5.41, 5.74) is 3.50. The minimum atomic E-state index is -3.26. The minimum Gasteiger partial charge on any atom is -0.465 e. The Morgan fingerprint density at radius 2 is 1.69 bits per heavy atom. The number of carboxylic acid groups (broad SMARTS) is 1. The number of fused-ring (bicyclic) bond motifs is 1. The lowest BCUT2D eigenvalue weighted by Crippen LogP contribution is -2.47. The van der Waals surface area contributed by atoms with E-state index in [4.69, 9.17) is 5.11 Å². The van der Waals surface area contributed by atoms with Gasteiger partial charge in [0.05, 0.1) is 4.90 Å². The summed E-state index contributed by atoms with van der Waals surface area (Å²) < 4.78 is 25.4. The van der Waals surface area contributed by atoms with Crippen LogP contribution in [0.3, 0.4) is 0 Å². The maximum absolute atomic E-state index is 11.8. The van der Waals surface area contributed by atoms with Gasteiger partial charge < -0.3 is 19.9 Å². The number of sulfone groups is 1. The Bertz CT molecular complexity index is 1490. The highest BCUT2D eigenvalue weighted by Crippen LogP contribution is 2.22. The average molecular weight is 507 g/mol. The minimum absolute atomic E-state index is 0.269. The number of aromatic nitrogens is 3. The van der Waals surface area contributed by atoms with Crippen molar-refractivity contribution in [3.63, 3.8) is 0 Å². The van der Waals surface area contributed by atoms with E-state index in [9.17, 15) is 13.2 Å². The molecule has 0 atom stereocenters. The van der Waals surface area contributed by atoms with Crippen LogP contribution < -0.4 is 5.32 Å². The molecule has 1 saturated heterocycles. The fourth-order valence-electron chi connectivity index (χ4n) is 4.22. The van der Waals surface area contributed by atoms with Gasteiger partial charge in [0.1, 0.15) is 5.65 Å². The third-order valence-electron chi connectivity index (χ3n) is 6.23. The van der Waals surface area contributed by atoms with Crippen molar-refractivity contribution in [2.45, 2.75) is 11.4 Å². The summed E-state index contributed by atoms with van der Waals surface area (Å²) in [6, 6.07) is 16.6. The molecule has 0 spiro atoms. The topological polar surface area (TPSA) is 121 Å². The zero-order valence-corrected chi connectivity index (χ0v) is 20.5. The van der Waals surface area contributed by atoms with Crippen LogP contribution in [0.1, 0.15) is 5.56 Å². The number of amides is 1. The lowest BCUT2D eigenvalue weighted by molar-refractivity contribution is 0.103. The van der Waals surface area contributed by atoms with E-state index in [0.29, 0.717) is 24.7 Å². The zero-order chi connectivity index (χ0) is 25.3. The third kappa shape index (κ3) is 5.16. The Morgan fingerprint density at radius 1 is 1.00 bits per heavy atom. The van der Waals surface area contributed by atoms with Gasteiger partial charge in [0.25, 0.3) is 0 Å². The molecule has 1 aliphatic rings. The number of rotatable bonds is 6. The molecular formula is C25H26N6O4S. The van der Waals surface area contributed by atoms with Crippen molar-refractivity contribution in [3.05, 3.63) is 72.6 Å². The number of anilines is 2. The van der Waals surface area contributed by atoms with Crippen molar-refractivity contribution in [1.29, 1.82) is 0 Å². The van der Waals surface area contributed by atoms with Crippen molar-refractivity contribution in [1.82, 2.24) is 24.3 Å². The van der Waals surface area contributed by atoms with E-state index >= 15 is 0 Å². The molecule has 5 rings (SSSR count). The number of carbonyl (C=O) groups is 1. The Morgan fingerprint density at radius 3 is 2.33 bits per heavy atom. The van der Waals surface area contributed by atoms with E-state index in [1.165, 1.54) is 11.2 Å². The van der Waals surface area contributed by atoms with E-state index in [1.54, 1.807) is 30.5 Å². The Balaban J connectivity index is 1.28. The molecule has 36 heavy (non-hydrogen) atoms. The van der Waals surface area contributed by atoms with Crippen molar-refractivity contribution in [2.24, 2.45) is 0 Å². The SMILES string of the molecule is CS(=O)(=O)c1ccc(-n2ccc3cnc(Nc4ccc(CN5CCN(C(=O)O)CC5)cc4)nc32)cc1. The van der Waals surface area contributed by atoms with Gasteiger partial charge in [-0.1, -0.05) is 12.1 Å². The lowest BCUT2D eigenvalue weighted by atomic mass is 10.2. The van der Waals surface area contributed by atoms with Crippen LogP contribution in [0, 0.1) is 0 Å². The first-order valence-electron chi connectivity index (χ1n) is 11.5. The molecule has 4 aromatic rings. The molecule has 10 nitrogen and oxygen atoms in total. The number of hydrogen-bond donors (Lipinski definition) is 2. The van der Waals surface area contributed by atoms with E-state index < -0.39 is 15.9 Å². The first kappa shape index (κ1) is 23.8. The fourth-order valence-corrected chi connectivity index (χ4v) is 4.85. The summed E-state index contributed by atoms with van der Waals surface area (Å²) in [6.07, 6.45) is 3.95. The molecule has 0 saturated carbocycles. The van der Waals surface area contributed by atoms with Crippen LogP contribution in [0.5, 0.6) is 0 Å². The summed E-state index contributed by atoms with van der Waals surface area (Å²) in [6.45, 7) is 3.26. The highest BCUT2D eigenvalue weighted by molar-refractivity contribution is 7.90. The maximum atomic E-state index is 11.8. The Kier molecular flexibility index (Phi) is 6.33. The number of nitrogens with one attached hydrogen (secondary N) is 1. The molecule has 2 aromatic carbocycles. The Labute approximate surface area is 208 Å². The third-order valence-corrected chi connectivity index (χ3v) is 7.36. The predicted octanol–water partition coefficient (Wildman–Crippen LogP) is 3.36. The van der Waals surface area contributed by atoms with Crippen LogP contribution in [0.2, 0.25) is 0 Å². The molecule has 1 fully saturated rings. The fraction of sp³-hybridized carbons (Fsp3) is 0.240. The van der Waals surface area contributed by atoms with Gasteiger partial charge in [-0.2, -0.15) is 4.98 Å². The molecule has 0 radical (unpaired) electrons. The monoisotopic (exact) mass is 506 g/mol. The normalized spacial score (nSPS) is 14.8. The van der Waals surface area contributed by atoms with Gasteiger partial charge in [0.2, 0.25) is 5.95 Å². The first-order chi connectivity index (χ1) is 17.3. The summed E-state index contributed by atoms with van der Waals surface area (Å²) in [5.74, 6) is 0.452. The van der Waals surface area contributed by atoms with Crippen LogP contribution in [-0.2, 0) is 16.4 Å². The molecule has 3 heterocycles. The van der Waals surface area contributed by atoms with Crippen LogP contribution in [0.25, 0.3) is 16.7 Å². The van der Waals surface area contributed by atoms with Gasteiger partial charge in [0.15, 0.2) is 9.84 Å². The standard InChI is InChI=1S/C25H26N6O4S/c1-36(34,35)22-8-6-21(7-9-22)31-11-10-19-16-26-24(28-23(19)31)27-20-4-2-18(3-5-20)17-29-12-14-30(15-13-29)25(32)33/h2-11,16H,12-15,17H2,1H3,(H,32,33)(H,26,27,28). The average Bonchev–Trinajstić information content (AvgIpc) is 3.28. The number of nitrogens with zero attached hydrogens (tertiary/aromatic N) is 5. The second kappa shape index (κ2) is 9.59. The molecule has 0 aliphatic carbocycles. The molecule has 1 aliphatic heterocycles. The summed E-state index contributed by atoms with van der Waals surface area (Å²) >= 11 is 0.